The van der Waals surface area contributed by atoms with Crippen LogP contribution in [-0.4, -0.2) is 23.0 Å². The van der Waals surface area contributed by atoms with E-state index in [9.17, 15) is 0 Å². The Labute approximate surface area is 186 Å². The predicted octanol–water partition coefficient (Wildman–Crippen LogP) is 4.37. The second kappa shape index (κ2) is 10.0. The van der Waals surface area contributed by atoms with Crippen LogP contribution in [0.25, 0.3) is 22.4 Å². The maximum absolute atomic E-state index is 5.57. The maximum Gasteiger partial charge on any atom is 0.226 e. The minimum Gasteiger partial charge on any atom is -0.444 e. The summed E-state index contributed by atoms with van der Waals surface area (Å²) in [6.07, 6.45) is 3.48. The Morgan fingerprint density at radius 3 is 2.59 bits per heavy atom. The largest absolute Gasteiger partial charge is 0.444 e. The molecule has 2 N–H and O–H groups in total. The predicted molar refractivity (Wildman–Crippen MR) is 126 cm³/mol. The van der Waals surface area contributed by atoms with Gasteiger partial charge in [-0.2, -0.15) is 0 Å². The summed E-state index contributed by atoms with van der Waals surface area (Å²) in [4.78, 5) is 13.3. The van der Waals surface area contributed by atoms with Crippen LogP contribution in [0.2, 0.25) is 0 Å². The first-order valence-electron chi connectivity index (χ1n) is 9.10. The van der Waals surface area contributed by atoms with E-state index in [1.54, 1.807) is 13.3 Å². The number of fused-ring (bicyclic) bond motifs is 1. The van der Waals surface area contributed by atoms with E-state index < -0.39 is 0 Å². The standard InChI is InChI=1S/C22H21N5O.HI/c1-23-22(25-13-18-10-5-9-16-11-6-12-24-20(16)18)26-14-19-15-28-21(27-19)17-7-3-2-4-8-17;/h2-12,15H,13-14H2,1H3,(H2,23,25,26);1H. The van der Waals surface area contributed by atoms with E-state index >= 15 is 0 Å². The number of aromatic nitrogens is 2. The summed E-state index contributed by atoms with van der Waals surface area (Å²) in [5.41, 5.74) is 3.89. The lowest BCUT2D eigenvalue weighted by atomic mass is 10.1. The summed E-state index contributed by atoms with van der Waals surface area (Å²) in [7, 11) is 1.74. The van der Waals surface area contributed by atoms with Crippen molar-refractivity contribution in [3.05, 3.63) is 84.4 Å². The Kier molecular flexibility index (Phi) is 7.18. The zero-order valence-corrected chi connectivity index (χ0v) is 18.3. The fourth-order valence-electron chi connectivity index (χ4n) is 2.99. The van der Waals surface area contributed by atoms with Gasteiger partial charge in [0.15, 0.2) is 5.96 Å². The summed E-state index contributed by atoms with van der Waals surface area (Å²) in [6, 6.07) is 20.0. The van der Waals surface area contributed by atoms with E-state index in [-0.39, 0.29) is 24.0 Å². The van der Waals surface area contributed by atoms with Gasteiger partial charge < -0.3 is 15.1 Å². The fourth-order valence-corrected chi connectivity index (χ4v) is 2.99. The van der Waals surface area contributed by atoms with Crippen LogP contribution in [-0.2, 0) is 13.1 Å². The molecule has 2 heterocycles. The topological polar surface area (TPSA) is 75.3 Å². The molecule has 0 aliphatic carbocycles. The van der Waals surface area contributed by atoms with Gasteiger partial charge in [-0.25, -0.2) is 4.98 Å². The van der Waals surface area contributed by atoms with Crippen molar-refractivity contribution in [1.29, 1.82) is 0 Å². The molecule has 0 amide bonds. The van der Waals surface area contributed by atoms with Crippen LogP contribution in [0, 0.1) is 0 Å². The molecular weight excluding hydrogens is 477 g/mol. The first kappa shape index (κ1) is 20.8. The maximum atomic E-state index is 5.57. The van der Waals surface area contributed by atoms with Crippen molar-refractivity contribution in [3.63, 3.8) is 0 Å². The van der Waals surface area contributed by atoms with Crippen molar-refractivity contribution < 1.29 is 4.42 Å². The summed E-state index contributed by atoms with van der Waals surface area (Å²) in [5, 5.41) is 7.72. The number of halogens is 1. The number of hydrogen-bond acceptors (Lipinski definition) is 4. The monoisotopic (exact) mass is 499 g/mol. The molecule has 2 aromatic heterocycles. The van der Waals surface area contributed by atoms with E-state index in [1.807, 2.05) is 48.7 Å². The summed E-state index contributed by atoms with van der Waals surface area (Å²) in [5.74, 6) is 1.30. The minimum atomic E-state index is 0. The first-order valence-corrected chi connectivity index (χ1v) is 9.10. The number of para-hydroxylation sites is 1. The molecule has 29 heavy (non-hydrogen) atoms. The summed E-state index contributed by atoms with van der Waals surface area (Å²) >= 11 is 0. The molecule has 4 aromatic rings. The number of nitrogens with zero attached hydrogens (tertiary/aromatic N) is 3. The van der Waals surface area contributed by atoms with Crippen molar-refractivity contribution in [2.75, 3.05) is 7.05 Å². The molecule has 0 fully saturated rings. The zero-order chi connectivity index (χ0) is 19.2. The Morgan fingerprint density at radius 1 is 0.966 bits per heavy atom. The normalized spacial score (nSPS) is 11.1. The second-order valence-electron chi connectivity index (χ2n) is 6.28. The zero-order valence-electron chi connectivity index (χ0n) is 16.0. The summed E-state index contributed by atoms with van der Waals surface area (Å²) < 4.78 is 5.57. The van der Waals surface area contributed by atoms with Crippen LogP contribution in [0.5, 0.6) is 0 Å². The smallest absolute Gasteiger partial charge is 0.226 e. The Balaban J connectivity index is 0.00000240. The second-order valence-corrected chi connectivity index (χ2v) is 6.28. The van der Waals surface area contributed by atoms with Gasteiger partial charge in [0.2, 0.25) is 5.89 Å². The molecule has 148 valence electrons. The lowest BCUT2D eigenvalue weighted by molar-refractivity contribution is 0.572. The van der Waals surface area contributed by atoms with Crippen LogP contribution in [0.1, 0.15) is 11.3 Å². The molecule has 7 heteroatoms. The van der Waals surface area contributed by atoms with Crippen molar-refractivity contribution in [3.8, 4) is 11.5 Å². The first-order chi connectivity index (χ1) is 13.8. The highest BCUT2D eigenvalue weighted by molar-refractivity contribution is 14.0. The van der Waals surface area contributed by atoms with Crippen molar-refractivity contribution in [2.45, 2.75) is 13.1 Å². The molecule has 0 saturated carbocycles. The Hall–Kier alpha value is -2.94. The van der Waals surface area contributed by atoms with Gasteiger partial charge in [-0.15, -0.1) is 24.0 Å². The van der Waals surface area contributed by atoms with Gasteiger partial charge in [0.1, 0.15) is 6.26 Å². The highest BCUT2D eigenvalue weighted by atomic mass is 127. The number of pyridine rings is 1. The molecule has 4 rings (SSSR count). The molecule has 0 bridgehead atoms. The van der Waals surface area contributed by atoms with E-state index in [4.69, 9.17) is 4.42 Å². The third-order valence-corrected chi connectivity index (χ3v) is 4.40. The molecule has 0 atom stereocenters. The van der Waals surface area contributed by atoms with E-state index in [2.05, 4.69) is 43.8 Å². The third kappa shape index (κ3) is 5.11. The van der Waals surface area contributed by atoms with Crippen molar-refractivity contribution in [2.24, 2.45) is 4.99 Å². The van der Waals surface area contributed by atoms with Gasteiger partial charge in [0, 0.05) is 30.7 Å². The Bertz CT molecular complexity index is 1090. The quantitative estimate of drug-likeness (QED) is 0.242. The van der Waals surface area contributed by atoms with Crippen molar-refractivity contribution >= 4 is 40.8 Å². The van der Waals surface area contributed by atoms with Gasteiger partial charge >= 0.3 is 0 Å². The number of oxazole rings is 1. The molecule has 0 spiro atoms. The SMILES string of the molecule is CN=C(NCc1coc(-c2ccccc2)n1)NCc1cccc2cccnc12.I. The van der Waals surface area contributed by atoms with E-state index in [0.29, 0.717) is 24.9 Å². The van der Waals surface area contributed by atoms with Gasteiger partial charge in [0.05, 0.1) is 17.8 Å². The van der Waals surface area contributed by atoms with Crippen LogP contribution in [0.4, 0.5) is 0 Å². The van der Waals surface area contributed by atoms with Gasteiger partial charge in [0.25, 0.3) is 0 Å². The fraction of sp³-hybridized carbons (Fsp3) is 0.136. The van der Waals surface area contributed by atoms with E-state index in [0.717, 1.165) is 27.7 Å². The number of nitrogens with one attached hydrogen (secondary N) is 2. The number of guanidine groups is 1. The Morgan fingerprint density at radius 2 is 1.76 bits per heavy atom. The van der Waals surface area contributed by atoms with Gasteiger partial charge in [-0.1, -0.05) is 42.5 Å². The highest BCUT2D eigenvalue weighted by Gasteiger charge is 2.08. The molecule has 0 aliphatic heterocycles. The molecule has 0 aliphatic rings. The van der Waals surface area contributed by atoms with Crippen LogP contribution in [0.3, 0.4) is 0 Å². The number of rotatable bonds is 5. The minimum absolute atomic E-state index is 0. The van der Waals surface area contributed by atoms with Crippen molar-refractivity contribution in [1.82, 2.24) is 20.6 Å². The van der Waals surface area contributed by atoms with Gasteiger partial charge in [-0.05, 0) is 23.8 Å². The average molecular weight is 499 g/mol. The summed E-state index contributed by atoms with van der Waals surface area (Å²) in [6.45, 7) is 1.14. The lowest BCUT2D eigenvalue weighted by Crippen LogP contribution is -2.36. The number of hydrogen-bond donors (Lipinski definition) is 2. The van der Waals surface area contributed by atoms with E-state index in [1.165, 1.54) is 0 Å². The number of benzene rings is 2. The molecule has 6 nitrogen and oxygen atoms in total. The lowest BCUT2D eigenvalue weighted by Gasteiger charge is -2.12. The van der Waals surface area contributed by atoms with Crippen LogP contribution < -0.4 is 10.6 Å². The third-order valence-electron chi connectivity index (χ3n) is 4.40. The number of aliphatic imine (C=N–C) groups is 1. The van der Waals surface area contributed by atoms with Crippen LogP contribution >= 0.6 is 24.0 Å². The molecular formula is C22H22IN5O. The van der Waals surface area contributed by atoms with Gasteiger partial charge in [-0.3, -0.25) is 9.98 Å². The molecule has 0 saturated heterocycles. The molecule has 2 aromatic carbocycles. The average Bonchev–Trinajstić information content (AvgIpc) is 3.24. The molecule has 0 radical (unpaired) electrons. The molecule has 0 unspecified atom stereocenters. The highest BCUT2D eigenvalue weighted by Crippen LogP contribution is 2.18. The van der Waals surface area contributed by atoms with Crippen LogP contribution in [0.15, 0.2) is 82.5 Å².